The van der Waals surface area contributed by atoms with Gasteiger partial charge in [-0.1, -0.05) is 30.3 Å². The van der Waals surface area contributed by atoms with Gasteiger partial charge in [0.15, 0.2) is 11.5 Å². The second-order valence-corrected chi connectivity index (χ2v) is 8.51. The van der Waals surface area contributed by atoms with Gasteiger partial charge in [0.05, 0.1) is 11.8 Å². The van der Waals surface area contributed by atoms with Crippen molar-refractivity contribution < 1.29 is 32.6 Å². The summed E-state index contributed by atoms with van der Waals surface area (Å²) in [5, 5.41) is 16.0. The second-order valence-electron chi connectivity index (χ2n) is 7.59. The molecule has 1 aromatic carbocycles. The number of hydroxylamine groups is 2. The third kappa shape index (κ3) is 5.86. The highest BCUT2D eigenvalue weighted by atomic mass is 79.9. The molecular weight excluding hydrogens is 537 g/mol. The second kappa shape index (κ2) is 10.7. The van der Waals surface area contributed by atoms with Crippen LogP contribution in [0.15, 0.2) is 47.1 Å². The van der Waals surface area contributed by atoms with E-state index in [1.807, 2.05) is 30.3 Å². The van der Waals surface area contributed by atoms with E-state index < -0.39 is 30.4 Å². The number of aryl methyl sites for hydroxylation is 1. The van der Waals surface area contributed by atoms with Crippen LogP contribution in [0.2, 0.25) is 0 Å². The third-order valence-corrected chi connectivity index (χ3v) is 5.43. The third-order valence-electron chi connectivity index (χ3n) is 5.00. The number of rotatable bonds is 8. The minimum absolute atomic E-state index is 0.0600. The predicted molar refractivity (Wildman–Crippen MR) is 118 cm³/mol. The van der Waals surface area contributed by atoms with Crippen LogP contribution in [0.5, 0.6) is 0 Å². The molecule has 0 saturated carbocycles. The molecule has 188 valence electrons. The highest BCUT2D eigenvalue weighted by Crippen LogP contribution is 2.35. The number of aromatic nitrogens is 4. The summed E-state index contributed by atoms with van der Waals surface area (Å²) >= 11 is 3.14. The number of aliphatic hydroxyl groups is 1. The first kappa shape index (κ1) is 25.6. The average molecular weight is 559 g/mol. The van der Waals surface area contributed by atoms with Crippen molar-refractivity contribution in [3.05, 3.63) is 70.0 Å². The lowest BCUT2D eigenvalue weighted by Gasteiger charge is -2.24. The lowest BCUT2D eigenvalue weighted by Crippen LogP contribution is -2.34. The molecule has 3 N–H and O–H groups in total. The molecule has 0 bridgehead atoms. The number of benzene rings is 1. The topological polar surface area (TPSA) is 121 Å². The molecule has 3 aromatic rings. The van der Waals surface area contributed by atoms with Crippen LogP contribution in [0.1, 0.15) is 35.3 Å². The van der Waals surface area contributed by atoms with Gasteiger partial charge in [-0.15, -0.1) is 5.06 Å². The van der Waals surface area contributed by atoms with Crippen molar-refractivity contribution in [2.24, 2.45) is 5.73 Å². The van der Waals surface area contributed by atoms with E-state index in [1.165, 1.54) is 18.1 Å². The Balaban J connectivity index is 1.60. The average Bonchev–Trinajstić information content (AvgIpc) is 3.45. The Hall–Kier alpha value is -2.46. The number of aliphatic hydroxyl groups excluding tert-OH is 1. The maximum Gasteiger partial charge on any atom is 0.435 e. The molecule has 0 aliphatic carbocycles. The first-order valence-electron chi connectivity index (χ1n) is 10.4. The van der Waals surface area contributed by atoms with Crippen molar-refractivity contribution in [2.45, 2.75) is 31.6 Å². The van der Waals surface area contributed by atoms with Crippen LogP contribution in [-0.4, -0.2) is 56.0 Å². The SMILES string of the molecule is Cc1nc(C(OCN2COC(c3ccccc3)O2)[C@@H](O)CN)n(-c2cc(Br)cnc2C(F)(F)F)n1. The molecule has 35 heavy (non-hydrogen) atoms. The summed E-state index contributed by atoms with van der Waals surface area (Å²) in [6.07, 6.45) is -6.92. The summed E-state index contributed by atoms with van der Waals surface area (Å²) in [7, 11) is 0. The highest BCUT2D eigenvalue weighted by Gasteiger charge is 2.38. The van der Waals surface area contributed by atoms with Crippen molar-refractivity contribution in [3.8, 4) is 5.69 Å². The predicted octanol–water partition coefficient (Wildman–Crippen LogP) is 3.01. The molecule has 4 rings (SSSR count). The number of ether oxygens (including phenoxy) is 2. The van der Waals surface area contributed by atoms with E-state index in [0.29, 0.717) is 4.47 Å². The summed E-state index contributed by atoms with van der Waals surface area (Å²) in [5.41, 5.74) is 4.90. The molecular formula is C21H22BrF3N6O4. The molecule has 2 aromatic heterocycles. The van der Waals surface area contributed by atoms with Gasteiger partial charge in [-0.05, 0) is 28.9 Å². The molecule has 1 fully saturated rings. The number of nitrogens with zero attached hydrogens (tertiary/aromatic N) is 5. The Bertz CT molecular complexity index is 1150. The monoisotopic (exact) mass is 558 g/mol. The van der Waals surface area contributed by atoms with E-state index in [4.69, 9.17) is 20.0 Å². The Morgan fingerprint density at radius 3 is 2.74 bits per heavy atom. The Morgan fingerprint density at radius 2 is 2.06 bits per heavy atom. The largest absolute Gasteiger partial charge is 0.435 e. The molecule has 1 aliphatic rings. The van der Waals surface area contributed by atoms with E-state index in [9.17, 15) is 18.3 Å². The zero-order valence-electron chi connectivity index (χ0n) is 18.4. The van der Waals surface area contributed by atoms with Crippen molar-refractivity contribution in [2.75, 3.05) is 20.0 Å². The van der Waals surface area contributed by atoms with Crippen LogP contribution in [0.4, 0.5) is 13.2 Å². The zero-order valence-corrected chi connectivity index (χ0v) is 20.0. The number of hydrogen-bond acceptors (Lipinski definition) is 9. The van der Waals surface area contributed by atoms with Crippen LogP contribution in [-0.2, 0) is 20.5 Å². The van der Waals surface area contributed by atoms with Gasteiger partial charge in [-0.3, -0.25) is 4.84 Å². The minimum atomic E-state index is -4.76. The van der Waals surface area contributed by atoms with E-state index in [2.05, 4.69) is 31.0 Å². The summed E-state index contributed by atoms with van der Waals surface area (Å²) in [6, 6.07) is 10.4. The van der Waals surface area contributed by atoms with Crippen molar-refractivity contribution in [1.82, 2.24) is 24.8 Å². The Morgan fingerprint density at radius 1 is 1.31 bits per heavy atom. The molecule has 10 nitrogen and oxygen atoms in total. The molecule has 0 amide bonds. The summed E-state index contributed by atoms with van der Waals surface area (Å²) in [5.74, 6) is 0.0846. The Labute approximate surface area is 206 Å². The fourth-order valence-corrected chi connectivity index (χ4v) is 3.75. The van der Waals surface area contributed by atoms with Gasteiger partial charge in [0.2, 0.25) is 6.29 Å². The number of hydrogen-bond donors (Lipinski definition) is 2. The van der Waals surface area contributed by atoms with Gasteiger partial charge in [-0.25, -0.2) is 14.6 Å². The normalized spacial score (nSPS) is 18.7. The molecule has 1 aliphatic heterocycles. The zero-order chi connectivity index (χ0) is 25.2. The number of pyridine rings is 1. The van der Waals surface area contributed by atoms with Crippen molar-refractivity contribution in [3.63, 3.8) is 0 Å². The fourth-order valence-electron chi connectivity index (χ4n) is 3.43. The van der Waals surface area contributed by atoms with Gasteiger partial charge >= 0.3 is 6.18 Å². The van der Waals surface area contributed by atoms with Crippen LogP contribution >= 0.6 is 15.9 Å². The molecule has 2 unspecified atom stereocenters. The molecule has 1 saturated heterocycles. The summed E-state index contributed by atoms with van der Waals surface area (Å²) in [4.78, 5) is 13.5. The van der Waals surface area contributed by atoms with Gasteiger partial charge in [0, 0.05) is 22.8 Å². The number of halogens is 4. The first-order valence-corrected chi connectivity index (χ1v) is 11.2. The van der Waals surface area contributed by atoms with E-state index >= 15 is 0 Å². The van der Waals surface area contributed by atoms with Gasteiger partial charge < -0.3 is 20.3 Å². The maximum atomic E-state index is 13.7. The van der Waals surface area contributed by atoms with Crippen LogP contribution < -0.4 is 5.73 Å². The van der Waals surface area contributed by atoms with Gasteiger partial charge in [-0.2, -0.15) is 18.3 Å². The lowest BCUT2D eigenvalue weighted by molar-refractivity contribution is -0.221. The van der Waals surface area contributed by atoms with E-state index in [1.54, 1.807) is 0 Å². The summed E-state index contributed by atoms with van der Waals surface area (Å²) < 4.78 is 53.7. The lowest BCUT2D eigenvalue weighted by atomic mass is 10.2. The minimum Gasteiger partial charge on any atom is -0.389 e. The summed E-state index contributed by atoms with van der Waals surface area (Å²) in [6.45, 7) is 1.13. The molecule has 0 spiro atoms. The quantitative estimate of drug-likeness (QED) is 0.429. The molecule has 3 atom stereocenters. The van der Waals surface area contributed by atoms with Crippen LogP contribution in [0.3, 0.4) is 0 Å². The molecule has 3 heterocycles. The molecule has 14 heteroatoms. The van der Waals surface area contributed by atoms with Crippen LogP contribution in [0.25, 0.3) is 5.69 Å². The van der Waals surface area contributed by atoms with Gasteiger partial charge in [0.25, 0.3) is 0 Å². The first-order chi connectivity index (χ1) is 16.7. The fraction of sp³-hybridized carbons (Fsp3) is 0.381. The van der Waals surface area contributed by atoms with E-state index in [0.717, 1.165) is 16.4 Å². The molecule has 0 radical (unpaired) electrons. The Kier molecular flexibility index (Phi) is 7.80. The highest BCUT2D eigenvalue weighted by molar-refractivity contribution is 9.10. The smallest absolute Gasteiger partial charge is 0.389 e. The van der Waals surface area contributed by atoms with E-state index in [-0.39, 0.29) is 37.3 Å². The number of nitrogens with two attached hydrogens (primary N) is 1. The maximum absolute atomic E-state index is 13.7. The van der Waals surface area contributed by atoms with Crippen molar-refractivity contribution in [1.29, 1.82) is 0 Å². The van der Waals surface area contributed by atoms with Crippen LogP contribution in [0, 0.1) is 6.92 Å². The standard InChI is InChI=1S/C21H22BrF3N6O4/c1-12-28-19(31(29-12)15-7-14(22)9-27-18(15)21(23,24)25)17(16(32)8-26)33-10-30-11-34-20(35-30)13-5-3-2-4-6-13/h2-7,9,16-17,20,32H,8,10-11,26H2,1H3/t16-,17?,20?/m0/s1. The van der Waals surface area contributed by atoms with Gasteiger partial charge in [0.1, 0.15) is 25.4 Å². The van der Waals surface area contributed by atoms with Crippen molar-refractivity contribution >= 4 is 15.9 Å². The number of alkyl halides is 3.